The van der Waals surface area contributed by atoms with E-state index in [0.29, 0.717) is 6.61 Å². The minimum Gasteiger partial charge on any atom is -0.380 e. The van der Waals surface area contributed by atoms with Crippen molar-refractivity contribution in [3.05, 3.63) is 47.5 Å². The molecule has 1 heteroatoms. The van der Waals surface area contributed by atoms with Crippen LogP contribution in [0.2, 0.25) is 0 Å². The van der Waals surface area contributed by atoms with Crippen molar-refractivity contribution in [1.29, 1.82) is 0 Å². The Morgan fingerprint density at radius 1 is 0.950 bits per heavy atom. The molecule has 1 nitrogen and oxygen atoms in total. The lowest BCUT2D eigenvalue weighted by atomic mass is 9.79. The maximum absolute atomic E-state index is 5.26. The van der Waals surface area contributed by atoms with Gasteiger partial charge in [0.1, 0.15) is 0 Å². The van der Waals surface area contributed by atoms with Gasteiger partial charge in [-0.15, -0.1) is 6.58 Å². The normalized spacial score (nSPS) is 11.6. The number of hydrogen-bond donors (Lipinski definition) is 0. The second kappa shape index (κ2) is 7.64. The van der Waals surface area contributed by atoms with Gasteiger partial charge in [0.2, 0.25) is 0 Å². The first-order valence-electron chi connectivity index (χ1n) is 7.27. The van der Waals surface area contributed by atoms with Crippen LogP contribution in [0.5, 0.6) is 0 Å². The standard InChI is InChI=1S/C16H26O.C3H6/c1-15(2,3)13-8-12(11-17-7)9-14(10-13)16(4,5)6;1-3-2/h8-10H,11H2,1-7H3;3H,1H2,2H3. The fourth-order valence-corrected chi connectivity index (χ4v) is 1.81. The van der Waals surface area contributed by atoms with Crippen LogP contribution in [0.1, 0.15) is 65.2 Å². The summed E-state index contributed by atoms with van der Waals surface area (Å²) in [7, 11) is 1.75. The third-order valence-electron chi connectivity index (χ3n) is 3.04. The summed E-state index contributed by atoms with van der Waals surface area (Å²) in [6.45, 7) is 19.5. The van der Waals surface area contributed by atoms with Crippen molar-refractivity contribution >= 4 is 0 Å². The van der Waals surface area contributed by atoms with Crippen LogP contribution in [-0.4, -0.2) is 7.11 Å². The predicted molar refractivity (Wildman–Crippen MR) is 90.4 cm³/mol. The van der Waals surface area contributed by atoms with E-state index in [1.54, 1.807) is 13.2 Å². The Morgan fingerprint density at radius 3 is 1.55 bits per heavy atom. The molecule has 20 heavy (non-hydrogen) atoms. The van der Waals surface area contributed by atoms with Gasteiger partial charge >= 0.3 is 0 Å². The molecule has 0 aromatic heterocycles. The van der Waals surface area contributed by atoms with E-state index in [0.717, 1.165) is 0 Å². The molecular weight excluding hydrogens is 244 g/mol. The highest BCUT2D eigenvalue weighted by Gasteiger charge is 2.20. The molecule has 0 heterocycles. The zero-order valence-corrected chi connectivity index (χ0v) is 14.6. The van der Waals surface area contributed by atoms with Gasteiger partial charge < -0.3 is 4.74 Å². The molecule has 0 N–H and O–H groups in total. The molecule has 0 aliphatic carbocycles. The Balaban J connectivity index is 0.00000110. The van der Waals surface area contributed by atoms with Crippen LogP contribution >= 0.6 is 0 Å². The smallest absolute Gasteiger partial charge is 0.0713 e. The Bertz CT molecular complexity index is 384. The van der Waals surface area contributed by atoms with Crippen LogP contribution in [0.25, 0.3) is 0 Å². The molecule has 0 spiro atoms. The van der Waals surface area contributed by atoms with Crippen LogP contribution in [-0.2, 0) is 22.2 Å². The molecule has 1 aromatic carbocycles. The number of allylic oxidation sites excluding steroid dienone is 1. The van der Waals surface area contributed by atoms with Gasteiger partial charge in [-0.1, -0.05) is 65.8 Å². The third kappa shape index (κ3) is 6.38. The van der Waals surface area contributed by atoms with Gasteiger partial charge in [-0.3, -0.25) is 0 Å². The van der Waals surface area contributed by atoms with Gasteiger partial charge in [0.25, 0.3) is 0 Å². The fourth-order valence-electron chi connectivity index (χ4n) is 1.81. The summed E-state index contributed by atoms with van der Waals surface area (Å²) >= 11 is 0. The van der Waals surface area contributed by atoms with Gasteiger partial charge in [0.15, 0.2) is 0 Å². The maximum atomic E-state index is 5.26. The Morgan fingerprint density at radius 2 is 1.30 bits per heavy atom. The van der Waals surface area contributed by atoms with Gasteiger partial charge in [0, 0.05) is 7.11 Å². The fraction of sp³-hybridized carbons (Fsp3) is 0.579. The lowest BCUT2D eigenvalue weighted by Gasteiger charge is -2.26. The van der Waals surface area contributed by atoms with E-state index in [9.17, 15) is 0 Å². The Labute approximate surface area is 126 Å². The lowest BCUT2D eigenvalue weighted by Crippen LogP contribution is -2.17. The molecule has 0 fully saturated rings. The summed E-state index contributed by atoms with van der Waals surface area (Å²) in [5.74, 6) is 0. The van der Waals surface area contributed by atoms with E-state index in [-0.39, 0.29) is 10.8 Å². The van der Waals surface area contributed by atoms with Crippen LogP contribution < -0.4 is 0 Å². The van der Waals surface area contributed by atoms with Crippen LogP contribution in [0.3, 0.4) is 0 Å². The first kappa shape index (κ1) is 18.9. The van der Waals surface area contributed by atoms with E-state index in [4.69, 9.17) is 4.74 Å². The molecule has 0 bridgehead atoms. The van der Waals surface area contributed by atoms with Gasteiger partial charge in [-0.25, -0.2) is 0 Å². The number of benzene rings is 1. The van der Waals surface area contributed by atoms with Gasteiger partial charge in [-0.2, -0.15) is 0 Å². The average molecular weight is 276 g/mol. The van der Waals surface area contributed by atoms with E-state index in [2.05, 4.69) is 66.3 Å². The number of hydrogen-bond acceptors (Lipinski definition) is 1. The summed E-state index contributed by atoms with van der Waals surface area (Å²) in [6, 6.07) is 6.86. The molecule has 0 radical (unpaired) electrons. The molecule has 0 amide bonds. The van der Waals surface area contributed by atoms with E-state index in [1.807, 2.05) is 6.92 Å². The van der Waals surface area contributed by atoms with Crippen LogP contribution in [0.4, 0.5) is 0 Å². The quantitative estimate of drug-likeness (QED) is 0.637. The Kier molecular flexibility index (Phi) is 7.22. The van der Waals surface area contributed by atoms with Crippen molar-refractivity contribution in [2.45, 2.75) is 65.9 Å². The molecule has 1 rings (SSSR count). The highest BCUT2D eigenvalue weighted by Crippen LogP contribution is 2.30. The molecular formula is C19H32O. The van der Waals surface area contributed by atoms with Crippen molar-refractivity contribution < 1.29 is 4.74 Å². The first-order chi connectivity index (χ1) is 9.06. The van der Waals surface area contributed by atoms with Gasteiger partial charge in [-0.05, 0) is 34.4 Å². The van der Waals surface area contributed by atoms with Crippen LogP contribution in [0, 0.1) is 0 Å². The molecule has 0 unspecified atom stereocenters. The first-order valence-corrected chi connectivity index (χ1v) is 7.27. The molecule has 0 atom stereocenters. The molecule has 0 saturated carbocycles. The second-order valence-corrected chi connectivity index (χ2v) is 7.26. The summed E-state index contributed by atoms with van der Waals surface area (Å²) in [6.07, 6.45) is 1.75. The lowest BCUT2D eigenvalue weighted by molar-refractivity contribution is 0.184. The minimum atomic E-state index is 0.184. The van der Waals surface area contributed by atoms with E-state index in [1.165, 1.54) is 16.7 Å². The average Bonchev–Trinajstić information content (AvgIpc) is 2.27. The summed E-state index contributed by atoms with van der Waals surface area (Å²) < 4.78 is 5.26. The van der Waals surface area contributed by atoms with Gasteiger partial charge in [0.05, 0.1) is 6.61 Å². The zero-order chi connectivity index (χ0) is 16.0. The van der Waals surface area contributed by atoms with Crippen LogP contribution in [0.15, 0.2) is 30.9 Å². The number of methoxy groups -OCH3 is 1. The number of ether oxygens (including phenoxy) is 1. The molecule has 1 aromatic rings. The molecule has 0 aliphatic heterocycles. The SMILES string of the molecule is C=CC.COCc1cc(C(C)(C)C)cc(C(C)(C)C)c1. The predicted octanol–water partition coefficient (Wildman–Crippen LogP) is 5.62. The topological polar surface area (TPSA) is 9.23 Å². The van der Waals surface area contributed by atoms with Crippen molar-refractivity contribution in [3.63, 3.8) is 0 Å². The zero-order valence-electron chi connectivity index (χ0n) is 14.6. The molecule has 0 saturated heterocycles. The summed E-state index contributed by atoms with van der Waals surface area (Å²) in [5.41, 5.74) is 4.41. The maximum Gasteiger partial charge on any atom is 0.0713 e. The van der Waals surface area contributed by atoms with E-state index >= 15 is 0 Å². The number of rotatable bonds is 2. The van der Waals surface area contributed by atoms with Crippen molar-refractivity contribution in [3.8, 4) is 0 Å². The highest BCUT2D eigenvalue weighted by atomic mass is 16.5. The summed E-state index contributed by atoms with van der Waals surface area (Å²) in [5, 5.41) is 0. The molecule has 0 aliphatic rings. The largest absolute Gasteiger partial charge is 0.380 e. The minimum absolute atomic E-state index is 0.184. The van der Waals surface area contributed by atoms with Crippen molar-refractivity contribution in [2.24, 2.45) is 0 Å². The molecule has 114 valence electrons. The van der Waals surface area contributed by atoms with E-state index < -0.39 is 0 Å². The third-order valence-corrected chi connectivity index (χ3v) is 3.04. The highest BCUT2D eigenvalue weighted by molar-refractivity contribution is 5.37. The van der Waals surface area contributed by atoms with Crippen molar-refractivity contribution in [1.82, 2.24) is 0 Å². The second-order valence-electron chi connectivity index (χ2n) is 7.26. The van der Waals surface area contributed by atoms with Crippen molar-refractivity contribution in [2.75, 3.05) is 7.11 Å². The Hall–Kier alpha value is -1.08. The monoisotopic (exact) mass is 276 g/mol. The summed E-state index contributed by atoms with van der Waals surface area (Å²) in [4.78, 5) is 0.